The van der Waals surface area contributed by atoms with Gasteiger partial charge in [-0.3, -0.25) is 4.79 Å². The summed E-state index contributed by atoms with van der Waals surface area (Å²) in [5.74, 6) is -1.07. The topological polar surface area (TPSA) is 32.3 Å². The van der Waals surface area contributed by atoms with Gasteiger partial charge in [0.05, 0.1) is 5.92 Å². The van der Waals surface area contributed by atoms with Crippen LogP contribution in [0.2, 0.25) is 0 Å². The molecule has 2 aliphatic rings. The Kier molecular flexibility index (Phi) is 3.70. The van der Waals surface area contributed by atoms with E-state index in [4.69, 9.17) is 0 Å². The molecule has 108 valence electrons. The van der Waals surface area contributed by atoms with Crippen LogP contribution < -0.4 is 5.32 Å². The second kappa shape index (κ2) is 5.48. The molecular formula is C15H18F2N2O. The number of carbonyl (C=O) groups excluding carboxylic acids is 1. The monoisotopic (exact) mass is 280 g/mol. The van der Waals surface area contributed by atoms with Crippen molar-refractivity contribution in [2.75, 3.05) is 13.1 Å². The van der Waals surface area contributed by atoms with Gasteiger partial charge in [0, 0.05) is 30.8 Å². The highest BCUT2D eigenvalue weighted by Gasteiger charge is 2.36. The van der Waals surface area contributed by atoms with Gasteiger partial charge in [-0.1, -0.05) is 6.07 Å². The molecule has 1 saturated heterocycles. The van der Waals surface area contributed by atoms with E-state index in [-0.39, 0.29) is 24.4 Å². The van der Waals surface area contributed by atoms with Crippen molar-refractivity contribution < 1.29 is 13.6 Å². The molecule has 1 heterocycles. The van der Waals surface area contributed by atoms with E-state index in [1.54, 1.807) is 4.90 Å². The van der Waals surface area contributed by atoms with E-state index in [0.29, 0.717) is 12.1 Å². The van der Waals surface area contributed by atoms with Crippen LogP contribution in [0.3, 0.4) is 0 Å². The molecule has 2 fully saturated rings. The quantitative estimate of drug-likeness (QED) is 0.915. The highest BCUT2D eigenvalue weighted by atomic mass is 19.1. The molecular weight excluding hydrogens is 262 g/mol. The van der Waals surface area contributed by atoms with Crippen molar-refractivity contribution >= 4 is 5.91 Å². The third-order valence-electron chi connectivity index (χ3n) is 4.04. The first-order chi connectivity index (χ1) is 9.65. The van der Waals surface area contributed by atoms with E-state index in [1.807, 2.05) is 0 Å². The molecule has 1 atom stereocenters. The zero-order chi connectivity index (χ0) is 14.1. The average molecular weight is 280 g/mol. The minimum absolute atomic E-state index is 0.000824. The summed E-state index contributed by atoms with van der Waals surface area (Å²) in [5.41, 5.74) is 0.387. The van der Waals surface area contributed by atoms with Crippen molar-refractivity contribution in [3.05, 3.63) is 35.4 Å². The minimum atomic E-state index is -0.587. The summed E-state index contributed by atoms with van der Waals surface area (Å²) < 4.78 is 26.7. The first-order valence-corrected chi connectivity index (χ1v) is 7.10. The van der Waals surface area contributed by atoms with Crippen LogP contribution in [-0.2, 0) is 11.3 Å². The minimum Gasteiger partial charge on any atom is -0.335 e. The van der Waals surface area contributed by atoms with Crippen LogP contribution in [-0.4, -0.2) is 29.9 Å². The number of hydrogen-bond acceptors (Lipinski definition) is 2. The van der Waals surface area contributed by atoms with E-state index in [9.17, 15) is 13.6 Å². The van der Waals surface area contributed by atoms with Crippen LogP contribution in [0.4, 0.5) is 8.78 Å². The molecule has 20 heavy (non-hydrogen) atoms. The highest BCUT2D eigenvalue weighted by Crippen LogP contribution is 2.31. The Balaban J connectivity index is 1.75. The zero-order valence-electron chi connectivity index (χ0n) is 11.2. The van der Waals surface area contributed by atoms with Crippen LogP contribution in [0.5, 0.6) is 0 Å². The fourth-order valence-electron chi connectivity index (χ4n) is 2.71. The van der Waals surface area contributed by atoms with Crippen LogP contribution in [0.25, 0.3) is 0 Å². The summed E-state index contributed by atoms with van der Waals surface area (Å²) in [6.07, 6.45) is 2.80. The summed E-state index contributed by atoms with van der Waals surface area (Å²) in [6, 6.07) is 3.78. The number of nitrogens with one attached hydrogen (secondary N) is 1. The molecule has 1 aliphatic carbocycles. The Morgan fingerprint density at radius 2 is 2.10 bits per heavy atom. The molecule has 3 nitrogen and oxygen atoms in total. The first kappa shape index (κ1) is 13.5. The van der Waals surface area contributed by atoms with E-state index in [2.05, 4.69) is 5.32 Å². The number of nitrogens with zero attached hydrogens (tertiary/aromatic N) is 1. The molecule has 1 saturated carbocycles. The molecule has 5 heteroatoms. The number of benzene rings is 1. The lowest BCUT2D eigenvalue weighted by atomic mass is 10.1. The van der Waals surface area contributed by atoms with Crippen LogP contribution in [0, 0.1) is 17.6 Å². The van der Waals surface area contributed by atoms with Crippen LogP contribution in [0.1, 0.15) is 24.8 Å². The van der Waals surface area contributed by atoms with Crippen molar-refractivity contribution in [2.24, 2.45) is 5.92 Å². The zero-order valence-corrected chi connectivity index (χ0v) is 11.2. The Labute approximate surface area is 117 Å². The van der Waals surface area contributed by atoms with E-state index < -0.39 is 11.6 Å². The van der Waals surface area contributed by atoms with Crippen LogP contribution in [0.15, 0.2) is 18.2 Å². The Bertz CT molecular complexity index is 511. The number of amides is 1. The predicted molar refractivity (Wildman–Crippen MR) is 70.9 cm³/mol. The molecule has 0 spiro atoms. The molecule has 0 aromatic heterocycles. The second-order valence-electron chi connectivity index (χ2n) is 5.62. The van der Waals surface area contributed by atoms with Gasteiger partial charge in [-0.2, -0.15) is 0 Å². The largest absolute Gasteiger partial charge is 0.335 e. The van der Waals surface area contributed by atoms with Crippen molar-refractivity contribution in [1.82, 2.24) is 10.2 Å². The maximum Gasteiger partial charge on any atom is 0.227 e. The molecule has 1 aromatic carbocycles. The average Bonchev–Trinajstić information content (AvgIpc) is 3.11. The lowest BCUT2D eigenvalue weighted by Crippen LogP contribution is -2.38. The Hall–Kier alpha value is -1.49. The molecule has 1 unspecified atom stereocenters. The highest BCUT2D eigenvalue weighted by molar-refractivity contribution is 5.80. The SMILES string of the molecule is O=C(C1CCNC1)N(Cc1ccc(F)cc1F)C1CC1. The maximum absolute atomic E-state index is 13.7. The summed E-state index contributed by atoms with van der Waals surface area (Å²) in [6.45, 7) is 1.81. The van der Waals surface area contributed by atoms with E-state index in [0.717, 1.165) is 31.9 Å². The number of halogens is 2. The van der Waals surface area contributed by atoms with Crippen molar-refractivity contribution in [3.8, 4) is 0 Å². The predicted octanol–water partition coefficient (Wildman–Crippen LogP) is 2.07. The third kappa shape index (κ3) is 2.82. The van der Waals surface area contributed by atoms with Crippen LogP contribution >= 0.6 is 0 Å². The van der Waals surface area contributed by atoms with E-state index in [1.165, 1.54) is 12.1 Å². The molecule has 1 N–H and O–H groups in total. The fourth-order valence-corrected chi connectivity index (χ4v) is 2.71. The van der Waals surface area contributed by atoms with Gasteiger partial charge in [-0.15, -0.1) is 0 Å². The van der Waals surface area contributed by atoms with Gasteiger partial charge in [-0.25, -0.2) is 8.78 Å². The van der Waals surface area contributed by atoms with Crippen molar-refractivity contribution in [3.63, 3.8) is 0 Å². The van der Waals surface area contributed by atoms with Gasteiger partial charge in [-0.05, 0) is 31.9 Å². The lowest BCUT2D eigenvalue weighted by Gasteiger charge is -2.25. The number of hydrogen-bond donors (Lipinski definition) is 1. The van der Waals surface area contributed by atoms with Gasteiger partial charge in [0.2, 0.25) is 5.91 Å². The summed E-state index contributed by atoms with van der Waals surface area (Å²) in [7, 11) is 0. The second-order valence-corrected chi connectivity index (χ2v) is 5.62. The molecule has 3 rings (SSSR count). The standard InChI is InChI=1S/C15H18F2N2O/c16-12-2-1-11(14(17)7-12)9-19(13-3-4-13)15(20)10-5-6-18-8-10/h1-2,7,10,13,18H,3-6,8-9H2. The molecule has 0 bridgehead atoms. The fraction of sp³-hybridized carbons (Fsp3) is 0.533. The summed E-state index contributed by atoms with van der Waals surface area (Å²) in [4.78, 5) is 14.3. The maximum atomic E-state index is 13.7. The normalized spacial score (nSPS) is 22.0. The summed E-state index contributed by atoms with van der Waals surface area (Å²) >= 11 is 0. The smallest absolute Gasteiger partial charge is 0.227 e. The third-order valence-corrected chi connectivity index (χ3v) is 4.04. The number of rotatable bonds is 4. The van der Waals surface area contributed by atoms with E-state index >= 15 is 0 Å². The Morgan fingerprint density at radius 3 is 2.70 bits per heavy atom. The van der Waals surface area contributed by atoms with Crippen molar-refractivity contribution in [1.29, 1.82) is 0 Å². The molecule has 1 aromatic rings. The molecule has 1 aliphatic heterocycles. The first-order valence-electron chi connectivity index (χ1n) is 7.10. The Morgan fingerprint density at radius 1 is 1.30 bits per heavy atom. The van der Waals surface area contributed by atoms with Gasteiger partial charge in [0.15, 0.2) is 0 Å². The molecule has 1 amide bonds. The number of carbonyl (C=O) groups is 1. The van der Waals surface area contributed by atoms with Gasteiger partial charge < -0.3 is 10.2 Å². The van der Waals surface area contributed by atoms with Gasteiger partial charge in [0.1, 0.15) is 11.6 Å². The van der Waals surface area contributed by atoms with Gasteiger partial charge in [0.25, 0.3) is 0 Å². The molecule has 0 radical (unpaired) electrons. The van der Waals surface area contributed by atoms with Crippen molar-refractivity contribution in [2.45, 2.75) is 31.8 Å². The van der Waals surface area contributed by atoms with Gasteiger partial charge >= 0.3 is 0 Å². The lowest BCUT2D eigenvalue weighted by molar-refractivity contribution is -0.136. The summed E-state index contributed by atoms with van der Waals surface area (Å²) in [5, 5.41) is 3.18.